The van der Waals surface area contributed by atoms with Crippen LogP contribution in [0, 0.1) is 16.7 Å². The molecule has 1 aromatic heterocycles. The number of ether oxygens (including phenoxy) is 1. The predicted octanol–water partition coefficient (Wildman–Crippen LogP) is 1.91. The molecule has 0 unspecified atom stereocenters. The van der Waals surface area contributed by atoms with Crippen molar-refractivity contribution in [3.63, 3.8) is 0 Å². The number of carbonyl (C=O) groups excluding carboxylic acids is 1. The SMILES string of the molecule is CCOC(=O)C1(C#N)CCN(c2ncc(Br)cn2)CC1. The number of piperidine rings is 1. The van der Waals surface area contributed by atoms with E-state index >= 15 is 0 Å². The van der Waals surface area contributed by atoms with Gasteiger partial charge in [-0.25, -0.2) is 9.97 Å². The first-order valence-electron chi connectivity index (χ1n) is 6.42. The van der Waals surface area contributed by atoms with Gasteiger partial charge in [0.25, 0.3) is 0 Å². The fourth-order valence-corrected chi connectivity index (χ4v) is 2.39. The summed E-state index contributed by atoms with van der Waals surface area (Å²) in [5.74, 6) is 0.197. The molecule has 6 nitrogen and oxygen atoms in total. The molecule has 1 saturated heterocycles. The first kappa shape index (κ1) is 14.7. The Balaban J connectivity index is 2.06. The average molecular weight is 339 g/mol. The Morgan fingerprint density at radius 3 is 2.60 bits per heavy atom. The molecule has 0 bridgehead atoms. The fourth-order valence-electron chi connectivity index (χ4n) is 2.19. The summed E-state index contributed by atoms with van der Waals surface area (Å²) < 4.78 is 5.83. The van der Waals surface area contributed by atoms with Crippen LogP contribution in [-0.4, -0.2) is 35.6 Å². The highest BCUT2D eigenvalue weighted by molar-refractivity contribution is 9.10. The topological polar surface area (TPSA) is 79.1 Å². The minimum absolute atomic E-state index is 0.293. The smallest absolute Gasteiger partial charge is 0.326 e. The molecule has 1 aliphatic heterocycles. The van der Waals surface area contributed by atoms with Gasteiger partial charge in [0, 0.05) is 25.5 Å². The maximum absolute atomic E-state index is 11.9. The van der Waals surface area contributed by atoms with Crippen LogP contribution in [0.4, 0.5) is 5.95 Å². The first-order valence-corrected chi connectivity index (χ1v) is 7.21. The summed E-state index contributed by atoms with van der Waals surface area (Å²) in [7, 11) is 0. The Labute approximate surface area is 125 Å². The summed E-state index contributed by atoms with van der Waals surface area (Å²) in [5, 5.41) is 9.32. The Bertz CT molecular complexity index is 518. The largest absolute Gasteiger partial charge is 0.465 e. The quantitative estimate of drug-likeness (QED) is 0.783. The highest BCUT2D eigenvalue weighted by atomic mass is 79.9. The summed E-state index contributed by atoms with van der Waals surface area (Å²) in [6, 6.07) is 2.13. The van der Waals surface area contributed by atoms with Crippen LogP contribution in [0.3, 0.4) is 0 Å². The summed E-state index contributed by atoms with van der Waals surface area (Å²) in [6.45, 7) is 3.16. The van der Waals surface area contributed by atoms with Gasteiger partial charge in [0.2, 0.25) is 5.95 Å². The van der Waals surface area contributed by atoms with Crippen LogP contribution in [0.15, 0.2) is 16.9 Å². The van der Waals surface area contributed by atoms with E-state index in [2.05, 4.69) is 32.0 Å². The molecule has 0 aromatic carbocycles. The summed E-state index contributed by atoms with van der Waals surface area (Å²) in [4.78, 5) is 22.4. The van der Waals surface area contributed by atoms with Crippen molar-refractivity contribution < 1.29 is 9.53 Å². The summed E-state index contributed by atoms with van der Waals surface area (Å²) in [5.41, 5.74) is -1.03. The highest BCUT2D eigenvalue weighted by Crippen LogP contribution is 2.33. The van der Waals surface area contributed by atoms with Crippen molar-refractivity contribution in [3.8, 4) is 6.07 Å². The van der Waals surface area contributed by atoms with Crippen LogP contribution in [0.25, 0.3) is 0 Å². The summed E-state index contributed by atoms with van der Waals surface area (Å²) >= 11 is 3.29. The Morgan fingerprint density at radius 1 is 1.50 bits per heavy atom. The van der Waals surface area contributed by atoms with Gasteiger partial charge in [-0.15, -0.1) is 0 Å². The number of halogens is 1. The van der Waals surface area contributed by atoms with Crippen LogP contribution in [0.2, 0.25) is 0 Å². The first-order chi connectivity index (χ1) is 9.61. The van der Waals surface area contributed by atoms with Crippen LogP contribution < -0.4 is 4.90 Å². The third kappa shape index (κ3) is 2.90. The van der Waals surface area contributed by atoms with Crippen LogP contribution >= 0.6 is 15.9 Å². The number of hydrogen-bond donors (Lipinski definition) is 0. The number of carbonyl (C=O) groups is 1. The summed E-state index contributed by atoms with van der Waals surface area (Å²) in [6.07, 6.45) is 4.23. The Hall–Kier alpha value is -1.68. The molecular formula is C13H15BrN4O2. The van der Waals surface area contributed by atoms with E-state index in [0.717, 1.165) is 4.47 Å². The lowest BCUT2D eigenvalue weighted by molar-refractivity contribution is -0.153. The van der Waals surface area contributed by atoms with Gasteiger partial charge in [0.05, 0.1) is 17.1 Å². The second kappa shape index (κ2) is 6.18. The van der Waals surface area contributed by atoms with Gasteiger partial charge in [-0.2, -0.15) is 5.26 Å². The van der Waals surface area contributed by atoms with E-state index < -0.39 is 11.4 Å². The van der Waals surface area contributed by atoms with Crippen LogP contribution in [0.1, 0.15) is 19.8 Å². The zero-order valence-corrected chi connectivity index (χ0v) is 12.8. The third-order valence-electron chi connectivity index (χ3n) is 3.39. The van der Waals surface area contributed by atoms with E-state index in [9.17, 15) is 10.1 Å². The normalized spacial score (nSPS) is 17.4. The molecule has 1 aliphatic rings. The Morgan fingerprint density at radius 2 is 2.10 bits per heavy atom. The number of aromatic nitrogens is 2. The van der Waals surface area contributed by atoms with Crippen molar-refractivity contribution in [1.82, 2.24) is 9.97 Å². The molecule has 0 amide bonds. The van der Waals surface area contributed by atoms with E-state index in [0.29, 0.717) is 38.5 Å². The fraction of sp³-hybridized carbons (Fsp3) is 0.538. The molecule has 0 aliphatic carbocycles. The van der Waals surface area contributed by atoms with Crippen molar-refractivity contribution in [2.45, 2.75) is 19.8 Å². The molecule has 2 heterocycles. The Kier molecular flexibility index (Phi) is 4.55. The van der Waals surface area contributed by atoms with Crippen molar-refractivity contribution in [2.75, 3.05) is 24.6 Å². The molecule has 20 heavy (non-hydrogen) atoms. The molecule has 2 rings (SSSR count). The van der Waals surface area contributed by atoms with Crippen LogP contribution in [-0.2, 0) is 9.53 Å². The minimum atomic E-state index is -1.03. The lowest BCUT2D eigenvalue weighted by Crippen LogP contribution is -2.45. The molecule has 1 aromatic rings. The molecule has 106 valence electrons. The maximum Gasteiger partial charge on any atom is 0.326 e. The second-order valence-corrected chi connectivity index (χ2v) is 5.52. The minimum Gasteiger partial charge on any atom is -0.465 e. The molecule has 0 radical (unpaired) electrons. The average Bonchev–Trinajstić information content (AvgIpc) is 2.48. The molecule has 0 spiro atoms. The third-order valence-corrected chi connectivity index (χ3v) is 3.80. The number of anilines is 1. The highest BCUT2D eigenvalue weighted by Gasteiger charge is 2.43. The number of esters is 1. The molecule has 0 N–H and O–H groups in total. The zero-order valence-electron chi connectivity index (χ0n) is 11.2. The number of nitriles is 1. The van der Waals surface area contributed by atoms with Gasteiger partial charge in [0.1, 0.15) is 0 Å². The number of rotatable bonds is 3. The van der Waals surface area contributed by atoms with E-state index in [1.54, 1.807) is 19.3 Å². The van der Waals surface area contributed by atoms with E-state index in [1.807, 2.05) is 4.90 Å². The molecule has 1 fully saturated rings. The second-order valence-electron chi connectivity index (χ2n) is 4.60. The van der Waals surface area contributed by atoms with Crippen molar-refractivity contribution in [1.29, 1.82) is 5.26 Å². The van der Waals surface area contributed by atoms with E-state index in [1.165, 1.54) is 0 Å². The van der Waals surface area contributed by atoms with Crippen molar-refractivity contribution >= 4 is 27.8 Å². The van der Waals surface area contributed by atoms with Crippen LogP contribution in [0.5, 0.6) is 0 Å². The maximum atomic E-state index is 11.9. The van der Waals surface area contributed by atoms with Gasteiger partial charge in [-0.3, -0.25) is 4.79 Å². The molecule has 0 saturated carbocycles. The molecule has 7 heteroatoms. The van der Waals surface area contributed by atoms with Gasteiger partial charge in [0.15, 0.2) is 5.41 Å². The lowest BCUT2D eigenvalue weighted by Gasteiger charge is -2.35. The molecular weight excluding hydrogens is 324 g/mol. The van der Waals surface area contributed by atoms with Gasteiger partial charge in [-0.1, -0.05) is 0 Å². The van der Waals surface area contributed by atoms with E-state index in [-0.39, 0.29) is 0 Å². The van der Waals surface area contributed by atoms with Gasteiger partial charge >= 0.3 is 5.97 Å². The van der Waals surface area contributed by atoms with Crippen molar-refractivity contribution in [3.05, 3.63) is 16.9 Å². The van der Waals surface area contributed by atoms with Gasteiger partial charge in [-0.05, 0) is 35.7 Å². The standard InChI is InChI=1S/C13H15BrN4O2/c1-2-20-11(19)13(9-15)3-5-18(6-4-13)12-16-7-10(14)8-17-12/h7-8H,2-6H2,1H3. The molecule has 0 atom stereocenters. The number of hydrogen-bond acceptors (Lipinski definition) is 6. The zero-order chi connectivity index (χ0) is 14.6. The van der Waals surface area contributed by atoms with Gasteiger partial charge < -0.3 is 9.64 Å². The van der Waals surface area contributed by atoms with E-state index in [4.69, 9.17) is 4.74 Å². The predicted molar refractivity (Wildman–Crippen MR) is 75.9 cm³/mol. The lowest BCUT2D eigenvalue weighted by atomic mass is 9.80. The van der Waals surface area contributed by atoms with Crippen molar-refractivity contribution in [2.24, 2.45) is 5.41 Å². The monoisotopic (exact) mass is 338 g/mol. The number of nitrogens with zero attached hydrogens (tertiary/aromatic N) is 4.